The van der Waals surface area contributed by atoms with E-state index in [1.165, 1.54) is 0 Å². The van der Waals surface area contributed by atoms with Crippen molar-refractivity contribution in [2.24, 2.45) is 5.92 Å². The first-order chi connectivity index (χ1) is 13.3. The number of aliphatic carboxylic acids is 1. The summed E-state index contributed by atoms with van der Waals surface area (Å²) in [5, 5.41) is 12.2. The second-order valence-electron chi connectivity index (χ2n) is 6.81. The highest BCUT2D eigenvalue weighted by molar-refractivity contribution is 5.80. The van der Waals surface area contributed by atoms with E-state index in [0.717, 1.165) is 16.7 Å². The number of hydrogen-bond donors (Lipinski definition) is 2. The van der Waals surface area contributed by atoms with Crippen LogP contribution in [-0.2, 0) is 16.0 Å². The number of carboxylic acid groups (broad SMARTS) is 1. The molecule has 2 aromatic carbocycles. The Bertz CT molecular complexity index is 833. The first-order valence-electron chi connectivity index (χ1n) is 9.14. The molecule has 0 fully saturated rings. The lowest BCUT2D eigenvalue weighted by molar-refractivity contribution is -0.137. The van der Waals surface area contributed by atoms with Crippen LogP contribution in [0.4, 0.5) is 0 Å². The summed E-state index contributed by atoms with van der Waals surface area (Å²) in [6.45, 7) is 3.73. The molecule has 2 rings (SSSR count). The highest BCUT2D eigenvalue weighted by Crippen LogP contribution is 2.29. The maximum atomic E-state index is 12.7. The van der Waals surface area contributed by atoms with Gasteiger partial charge in [0.15, 0.2) is 11.5 Å². The van der Waals surface area contributed by atoms with Gasteiger partial charge in [0, 0.05) is 5.92 Å². The molecular formula is C22H27NO5. The minimum atomic E-state index is -0.957. The summed E-state index contributed by atoms with van der Waals surface area (Å²) < 4.78 is 10.5. The highest BCUT2D eigenvalue weighted by atomic mass is 16.5. The van der Waals surface area contributed by atoms with Crippen molar-refractivity contribution in [2.75, 3.05) is 14.2 Å². The van der Waals surface area contributed by atoms with Crippen LogP contribution in [0.3, 0.4) is 0 Å². The Kier molecular flexibility index (Phi) is 7.44. The van der Waals surface area contributed by atoms with Crippen LogP contribution >= 0.6 is 0 Å². The highest BCUT2D eigenvalue weighted by Gasteiger charge is 2.23. The molecule has 0 aliphatic carbocycles. The smallest absolute Gasteiger partial charge is 0.305 e. The molecule has 150 valence electrons. The second-order valence-corrected chi connectivity index (χ2v) is 6.81. The van der Waals surface area contributed by atoms with Crippen LogP contribution in [0.2, 0.25) is 0 Å². The number of benzene rings is 2. The number of rotatable bonds is 9. The Hall–Kier alpha value is -3.02. The fourth-order valence-corrected chi connectivity index (χ4v) is 3.16. The predicted molar refractivity (Wildman–Crippen MR) is 107 cm³/mol. The SMILES string of the molecule is COc1ccc(CC(C)C(=O)NC(CC(=O)O)c2ccccc2C)cc1OC. The Balaban J connectivity index is 2.12. The van der Waals surface area contributed by atoms with Crippen LogP contribution in [0.1, 0.15) is 36.1 Å². The molecule has 6 heteroatoms. The van der Waals surface area contributed by atoms with Gasteiger partial charge in [-0.25, -0.2) is 0 Å². The van der Waals surface area contributed by atoms with Crippen molar-refractivity contribution in [1.82, 2.24) is 5.32 Å². The van der Waals surface area contributed by atoms with E-state index in [2.05, 4.69) is 5.32 Å². The van der Waals surface area contributed by atoms with Crippen molar-refractivity contribution in [3.05, 3.63) is 59.2 Å². The van der Waals surface area contributed by atoms with Crippen molar-refractivity contribution in [2.45, 2.75) is 32.7 Å². The zero-order valence-corrected chi connectivity index (χ0v) is 16.7. The summed E-state index contributed by atoms with van der Waals surface area (Å²) >= 11 is 0. The minimum Gasteiger partial charge on any atom is -0.493 e. The van der Waals surface area contributed by atoms with E-state index in [9.17, 15) is 14.7 Å². The molecule has 0 bridgehead atoms. The van der Waals surface area contributed by atoms with Crippen molar-refractivity contribution in [1.29, 1.82) is 0 Å². The number of ether oxygens (including phenoxy) is 2. The van der Waals surface area contributed by atoms with E-state index in [4.69, 9.17) is 9.47 Å². The molecule has 0 aliphatic heterocycles. The molecule has 2 N–H and O–H groups in total. The third-order valence-corrected chi connectivity index (χ3v) is 4.70. The molecule has 0 heterocycles. The van der Waals surface area contributed by atoms with Gasteiger partial charge in [0.05, 0.1) is 26.7 Å². The maximum Gasteiger partial charge on any atom is 0.305 e. The Morgan fingerprint density at radius 2 is 1.75 bits per heavy atom. The molecule has 1 amide bonds. The average molecular weight is 385 g/mol. The number of carbonyl (C=O) groups excluding carboxylic acids is 1. The molecule has 0 radical (unpaired) electrons. The largest absolute Gasteiger partial charge is 0.493 e. The number of carbonyl (C=O) groups is 2. The van der Waals surface area contributed by atoms with Gasteiger partial charge in [-0.2, -0.15) is 0 Å². The molecule has 2 aromatic rings. The summed E-state index contributed by atoms with van der Waals surface area (Å²) in [5.74, 6) is -0.246. The van der Waals surface area contributed by atoms with Crippen molar-refractivity contribution in [3.63, 3.8) is 0 Å². The van der Waals surface area contributed by atoms with Crippen LogP contribution in [-0.4, -0.2) is 31.2 Å². The zero-order valence-electron chi connectivity index (χ0n) is 16.7. The lowest BCUT2D eigenvalue weighted by Crippen LogP contribution is -2.35. The van der Waals surface area contributed by atoms with Crippen LogP contribution in [0.25, 0.3) is 0 Å². The molecule has 0 aromatic heterocycles. The van der Waals surface area contributed by atoms with Gasteiger partial charge >= 0.3 is 5.97 Å². The summed E-state index contributed by atoms with van der Waals surface area (Å²) in [5.41, 5.74) is 2.70. The first-order valence-corrected chi connectivity index (χ1v) is 9.14. The summed E-state index contributed by atoms with van der Waals surface area (Å²) in [6.07, 6.45) is 0.333. The normalized spacial score (nSPS) is 12.7. The first kappa shape index (κ1) is 21.3. The van der Waals surface area contributed by atoms with Gasteiger partial charge in [-0.15, -0.1) is 0 Å². The number of amides is 1. The Morgan fingerprint density at radius 3 is 2.36 bits per heavy atom. The van der Waals surface area contributed by atoms with Gasteiger partial charge in [-0.05, 0) is 42.2 Å². The lowest BCUT2D eigenvalue weighted by Gasteiger charge is -2.22. The number of methoxy groups -OCH3 is 2. The van der Waals surface area contributed by atoms with E-state index in [-0.39, 0.29) is 18.2 Å². The number of hydrogen-bond acceptors (Lipinski definition) is 4. The number of nitrogens with one attached hydrogen (secondary N) is 1. The lowest BCUT2D eigenvalue weighted by atomic mass is 9.96. The minimum absolute atomic E-state index is 0.167. The van der Waals surface area contributed by atoms with E-state index >= 15 is 0 Å². The molecule has 6 nitrogen and oxygen atoms in total. The molecular weight excluding hydrogens is 358 g/mol. The molecule has 2 atom stereocenters. The third kappa shape index (κ3) is 5.49. The van der Waals surface area contributed by atoms with E-state index in [0.29, 0.717) is 17.9 Å². The van der Waals surface area contributed by atoms with E-state index in [1.807, 2.05) is 50.2 Å². The van der Waals surface area contributed by atoms with Crippen molar-refractivity contribution in [3.8, 4) is 11.5 Å². The van der Waals surface area contributed by atoms with Crippen LogP contribution in [0.5, 0.6) is 11.5 Å². The fourth-order valence-electron chi connectivity index (χ4n) is 3.16. The van der Waals surface area contributed by atoms with Gasteiger partial charge in [0.25, 0.3) is 0 Å². The molecule has 2 unspecified atom stereocenters. The maximum absolute atomic E-state index is 12.7. The molecule has 0 saturated heterocycles. The van der Waals surface area contributed by atoms with Gasteiger partial charge in [-0.3, -0.25) is 9.59 Å². The number of aryl methyl sites for hydroxylation is 1. The van der Waals surface area contributed by atoms with Gasteiger partial charge in [-0.1, -0.05) is 37.3 Å². The summed E-state index contributed by atoms with van der Waals surface area (Å²) in [6, 6.07) is 12.5. The predicted octanol–water partition coefficient (Wildman–Crippen LogP) is 3.52. The fraction of sp³-hybridized carbons (Fsp3) is 0.364. The zero-order chi connectivity index (χ0) is 20.7. The molecule has 0 aliphatic rings. The van der Waals surface area contributed by atoms with Crippen LogP contribution in [0.15, 0.2) is 42.5 Å². The quantitative estimate of drug-likeness (QED) is 0.690. The Labute approximate surface area is 165 Å². The van der Waals surface area contributed by atoms with Crippen LogP contribution in [0, 0.1) is 12.8 Å². The Morgan fingerprint density at radius 1 is 1.07 bits per heavy atom. The topological polar surface area (TPSA) is 84.9 Å². The molecule has 0 saturated carbocycles. The summed E-state index contributed by atoms with van der Waals surface area (Å²) in [7, 11) is 3.14. The summed E-state index contributed by atoms with van der Waals surface area (Å²) in [4.78, 5) is 24.0. The third-order valence-electron chi connectivity index (χ3n) is 4.70. The van der Waals surface area contributed by atoms with Crippen molar-refractivity contribution >= 4 is 11.9 Å². The average Bonchev–Trinajstić information content (AvgIpc) is 2.67. The number of carboxylic acids is 1. The standard InChI is InChI=1S/C22H27NO5/c1-14-7-5-6-8-17(14)18(13-21(24)25)23-22(26)15(2)11-16-9-10-19(27-3)20(12-16)28-4/h5-10,12,15,18H,11,13H2,1-4H3,(H,23,26)(H,24,25). The van der Waals surface area contributed by atoms with Crippen molar-refractivity contribution < 1.29 is 24.2 Å². The molecule has 0 spiro atoms. The van der Waals surface area contributed by atoms with Gasteiger partial charge in [0.1, 0.15) is 0 Å². The van der Waals surface area contributed by atoms with Crippen LogP contribution < -0.4 is 14.8 Å². The molecule has 28 heavy (non-hydrogen) atoms. The van der Waals surface area contributed by atoms with E-state index in [1.54, 1.807) is 20.3 Å². The second kappa shape index (κ2) is 9.78. The monoisotopic (exact) mass is 385 g/mol. The van der Waals surface area contributed by atoms with Gasteiger partial charge < -0.3 is 19.9 Å². The van der Waals surface area contributed by atoms with E-state index < -0.39 is 12.0 Å². The van der Waals surface area contributed by atoms with Gasteiger partial charge in [0.2, 0.25) is 5.91 Å².